The molecule has 2 aromatic carbocycles. The third-order valence-corrected chi connectivity index (χ3v) is 7.98. The van der Waals surface area contributed by atoms with Gasteiger partial charge in [0.1, 0.15) is 24.3 Å². The SMILES string of the molecule is CC(C)(OC(=O)Nc1ccc2c(c1)N(S(=O)(=O)c1ccc(F)cc1)CCO2)C(F)(F)F.CNC(=O)C1CC(F)C1. The van der Waals surface area contributed by atoms with E-state index in [1.165, 1.54) is 18.2 Å². The number of hydrogen-bond acceptors (Lipinski definition) is 6. The van der Waals surface area contributed by atoms with E-state index < -0.39 is 39.9 Å². The van der Waals surface area contributed by atoms with Crippen molar-refractivity contribution < 1.29 is 49.4 Å². The monoisotopic (exact) mass is 593 g/mol. The number of hydrogen-bond donors (Lipinski definition) is 2. The van der Waals surface area contributed by atoms with Gasteiger partial charge < -0.3 is 14.8 Å². The Morgan fingerprint density at radius 3 is 2.25 bits per heavy atom. The number of rotatable bonds is 5. The number of anilines is 2. The van der Waals surface area contributed by atoms with Crippen LogP contribution in [-0.2, 0) is 19.6 Å². The van der Waals surface area contributed by atoms with Gasteiger partial charge in [0.15, 0.2) is 0 Å². The maximum atomic E-state index is 13.2. The zero-order chi connectivity index (χ0) is 29.9. The lowest BCUT2D eigenvalue weighted by molar-refractivity contribution is -0.242. The van der Waals surface area contributed by atoms with E-state index in [1.54, 1.807) is 7.05 Å². The van der Waals surface area contributed by atoms with Crippen molar-refractivity contribution in [1.29, 1.82) is 0 Å². The highest BCUT2D eigenvalue weighted by atomic mass is 32.2. The molecule has 15 heteroatoms. The van der Waals surface area contributed by atoms with Crippen LogP contribution in [0.2, 0.25) is 0 Å². The Labute approximate surface area is 227 Å². The minimum absolute atomic E-state index is 0.00784. The van der Waals surface area contributed by atoms with Crippen molar-refractivity contribution in [3.05, 3.63) is 48.3 Å². The summed E-state index contributed by atoms with van der Waals surface area (Å²) in [6.07, 6.45) is -6.05. The molecule has 0 radical (unpaired) electrons. The third kappa shape index (κ3) is 7.11. The molecule has 1 fully saturated rings. The summed E-state index contributed by atoms with van der Waals surface area (Å²) in [5, 5.41) is 4.63. The summed E-state index contributed by atoms with van der Waals surface area (Å²) >= 11 is 0. The standard InChI is InChI=1S/C19H18F4N2O5S.C6H10FNO/c1-18(2,19(21,22)23)30-17(26)24-13-5-8-16-15(11-13)25(9-10-29-16)31(27,28)14-6-3-12(20)4-7-14;1-8-6(9)4-2-5(7)3-4/h3-8,11H,9-10H2,1-2H3,(H,24,26);4-5H,2-3H2,1H3,(H,8,9). The fourth-order valence-electron chi connectivity index (χ4n) is 3.65. The maximum Gasteiger partial charge on any atom is 0.427 e. The predicted octanol–water partition coefficient (Wildman–Crippen LogP) is 4.78. The molecular formula is C25H28F5N3O6S. The summed E-state index contributed by atoms with van der Waals surface area (Å²) in [7, 11) is -2.51. The molecule has 1 aliphatic carbocycles. The van der Waals surface area contributed by atoms with E-state index in [0.717, 1.165) is 28.6 Å². The van der Waals surface area contributed by atoms with Gasteiger partial charge >= 0.3 is 12.3 Å². The lowest BCUT2D eigenvalue weighted by Crippen LogP contribution is -2.44. The molecule has 0 saturated heterocycles. The van der Waals surface area contributed by atoms with Crippen LogP contribution in [0.4, 0.5) is 38.1 Å². The number of benzene rings is 2. The summed E-state index contributed by atoms with van der Waals surface area (Å²) in [6, 6.07) is 8.16. The Hall–Kier alpha value is -3.62. The summed E-state index contributed by atoms with van der Waals surface area (Å²) < 4.78 is 101. The highest BCUT2D eigenvalue weighted by molar-refractivity contribution is 7.92. The second-order valence-corrected chi connectivity index (χ2v) is 11.3. The van der Waals surface area contributed by atoms with Crippen molar-refractivity contribution in [2.24, 2.45) is 5.92 Å². The Balaban J connectivity index is 0.000000415. The molecule has 2 N–H and O–H groups in total. The maximum absolute atomic E-state index is 13.2. The number of carbonyl (C=O) groups is 2. The molecule has 1 saturated carbocycles. The molecule has 220 valence electrons. The smallest absolute Gasteiger partial charge is 0.427 e. The first-order valence-electron chi connectivity index (χ1n) is 12.0. The van der Waals surface area contributed by atoms with E-state index in [2.05, 4.69) is 15.4 Å². The Morgan fingerprint density at radius 1 is 1.07 bits per heavy atom. The van der Waals surface area contributed by atoms with Gasteiger partial charge in [-0.15, -0.1) is 0 Å². The molecule has 2 aromatic rings. The topological polar surface area (TPSA) is 114 Å². The number of halogens is 5. The molecule has 4 rings (SSSR count). The number of carbonyl (C=O) groups excluding carboxylic acids is 2. The van der Waals surface area contributed by atoms with Crippen LogP contribution in [0.25, 0.3) is 0 Å². The van der Waals surface area contributed by atoms with Crippen LogP contribution < -0.4 is 19.7 Å². The third-order valence-electron chi connectivity index (χ3n) is 6.16. The fraction of sp³-hybridized carbons (Fsp3) is 0.440. The van der Waals surface area contributed by atoms with Crippen molar-refractivity contribution in [3.8, 4) is 5.75 Å². The van der Waals surface area contributed by atoms with E-state index in [4.69, 9.17) is 4.74 Å². The zero-order valence-electron chi connectivity index (χ0n) is 21.7. The fourth-order valence-corrected chi connectivity index (χ4v) is 5.11. The van der Waals surface area contributed by atoms with Crippen LogP contribution in [0, 0.1) is 11.7 Å². The average molecular weight is 594 g/mol. The molecule has 2 aliphatic rings. The molecule has 40 heavy (non-hydrogen) atoms. The molecule has 1 aliphatic heterocycles. The van der Waals surface area contributed by atoms with Gasteiger partial charge in [0, 0.05) is 18.7 Å². The van der Waals surface area contributed by atoms with Gasteiger partial charge in [0.25, 0.3) is 10.0 Å². The van der Waals surface area contributed by atoms with E-state index in [1.807, 2.05) is 0 Å². The minimum atomic E-state index is -4.78. The van der Waals surface area contributed by atoms with Gasteiger partial charge in [0.2, 0.25) is 11.5 Å². The Morgan fingerprint density at radius 2 is 1.70 bits per heavy atom. The van der Waals surface area contributed by atoms with Crippen LogP contribution in [0.15, 0.2) is 47.4 Å². The van der Waals surface area contributed by atoms with Crippen molar-refractivity contribution in [3.63, 3.8) is 0 Å². The van der Waals surface area contributed by atoms with Crippen LogP contribution in [-0.4, -0.2) is 58.6 Å². The van der Waals surface area contributed by atoms with Gasteiger partial charge in [-0.3, -0.25) is 14.4 Å². The van der Waals surface area contributed by atoms with Crippen molar-refractivity contribution >= 4 is 33.4 Å². The minimum Gasteiger partial charge on any atom is -0.489 e. The van der Waals surface area contributed by atoms with E-state index in [-0.39, 0.29) is 47.0 Å². The van der Waals surface area contributed by atoms with E-state index >= 15 is 0 Å². The molecular weight excluding hydrogens is 565 g/mol. The molecule has 0 aromatic heterocycles. The van der Waals surface area contributed by atoms with Gasteiger partial charge in [-0.05, 0) is 69.2 Å². The predicted molar refractivity (Wildman–Crippen MR) is 135 cm³/mol. The molecule has 2 amide bonds. The number of ether oxygens (including phenoxy) is 2. The highest BCUT2D eigenvalue weighted by Gasteiger charge is 2.51. The zero-order valence-corrected chi connectivity index (χ0v) is 22.5. The summed E-state index contributed by atoms with van der Waals surface area (Å²) in [5.74, 6) is -0.492. The first kappa shape index (κ1) is 30.9. The lowest BCUT2D eigenvalue weighted by atomic mass is 9.83. The normalized spacial score (nSPS) is 18.6. The highest BCUT2D eigenvalue weighted by Crippen LogP contribution is 2.38. The average Bonchev–Trinajstić information content (AvgIpc) is 2.85. The van der Waals surface area contributed by atoms with Crippen LogP contribution in [0.5, 0.6) is 5.75 Å². The molecule has 0 spiro atoms. The van der Waals surface area contributed by atoms with Crippen LogP contribution >= 0.6 is 0 Å². The van der Waals surface area contributed by atoms with Gasteiger partial charge in [0.05, 0.1) is 17.1 Å². The number of nitrogens with zero attached hydrogens (tertiary/aromatic N) is 1. The number of nitrogens with one attached hydrogen (secondary N) is 2. The first-order chi connectivity index (χ1) is 18.5. The van der Waals surface area contributed by atoms with Gasteiger partial charge in [-0.2, -0.15) is 13.2 Å². The van der Waals surface area contributed by atoms with E-state index in [0.29, 0.717) is 26.7 Å². The first-order valence-corrected chi connectivity index (χ1v) is 13.5. The number of amides is 2. The lowest BCUT2D eigenvalue weighted by Gasteiger charge is -2.31. The number of alkyl halides is 4. The molecule has 0 unspecified atom stereocenters. The Bertz CT molecular complexity index is 1330. The number of fused-ring (bicyclic) bond motifs is 1. The molecule has 9 nitrogen and oxygen atoms in total. The summed E-state index contributed by atoms with van der Waals surface area (Å²) in [5.41, 5.74) is -2.68. The van der Waals surface area contributed by atoms with Gasteiger partial charge in [-0.25, -0.2) is 22.0 Å². The van der Waals surface area contributed by atoms with Crippen molar-refractivity contribution in [2.75, 3.05) is 29.8 Å². The summed E-state index contributed by atoms with van der Waals surface area (Å²) in [4.78, 5) is 22.4. The second-order valence-electron chi connectivity index (χ2n) is 9.46. The molecule has 0 atom stereocenters. The Kier molecular flexibility index (Phi) is 9.17. The van der Waals surface area contributed by atoms with Crippen LogP contribution in [0.1, 0.15) is 26.7 Å². The second kappa shape index (κ2) is 11.9. The number of sulfonamides is 1. The molecule has 0 bridgehead atoms. The van der Waals surface area contributed by atoms with E-state index in [9.17, 15) is 40.0 Å². The van der Waals surface area contributed by atoms with Crippen molar-refractivity contribution in [2.45, 2.75) is 49.5 Å². The van der Waals surface area contributed by atoms with Gasteiger partial charge in [-0.1, -0.05) is 0 Å². The van der Waals surface area contributed by atoms with Crippen molar-refractivity contribution in [1.82, 2.24) is 5.32 Å². The molecule has 1 heterocycles. The van der Waals surface area contributed by atoms with Crippen LogP contribution in [0.3, 0.4) is 0 Å². The summed E-state index contributed by atoms with van der Waals surface area (Å²) in [6.45, 7) is 1.37. The quantitative estimate of drug-likeness (QED) is 0.483. The largest absolute Gasteiger partial charge is 0.489 e.